The molecule has 0 fully saturated rings. The van der Waals surface area contributed by atoms with E-state index in [0.717, 1.165) is 23.5 Å². The number of hydrogen-bond acceptors (Lipinski definition) is 5. The van der Waals surface area contributed by atoms with Crippen LogP contribution in [0.15, 0.2) is 27.5 Å². The van der Waals surface area contributed by atoms with Crippen LogP contribution in [0.5, 0.6) is 5.75 Å². The third-order valence-electron chi connectivity index (χ3n) is 4.79. The summed E-state index contributed by atoms with van der Waals surface area (Å²) in [5.74, 6) is -0.607. The predicted molar refractivity (Wildman–Crippen MR) is 101 cm³/mol. The van der Waals surface area contributed by atoms with E-state index >= 15 is 0 Å². The van der Waals surface area contributed by atoms with Crippen molar-refractivity contribution in [3.63, 3.8) is 0 Å². The molecule has 8 heteroatoms. The Balaban J connectivity index is 2.32. The Morgan fingerprint density at radius 3 is 2.59 bits per heavy atom. The summed E-state index contributed by atoms with van der Waals surface area (Å²) in [6, 6.07) is 2.45. The fourth-order valence-electron chi connectivity index (χ4n) is 2.50. The summed E-state index contributed by atoms with van der Waals surface area (Å²) in [5.41, 5.74) is -0.303. The van der Waals surface area contributed by atoms with Gasteiger partial charge in [0.1, 0.15) is 17.3 Å². The number of methoxy groups -OCH3 is 1. The van der Waals surface area contributed by atoms with E-state index in [-0.39, 0.29) is 28.7 Å². The molecule has 0 radical (unpaired) electrons. The third-order valence-corrected chi connectivity index (χ3v) is 5.08. The van der Waals surface area contributed by atoms with E-state index in [2.05, 4.69) is 0 Å². The standard InChI is InChI=1S/C19H25ClFNO5/c1-5-19(3,6-2)17-11-22(18(23)27-17)15-10-16(13(20)9-14(15)21)26-12-25-8-7-24-4/h9-11H,5-8,12H2,1-4H3. The Morgan fingerprint density at radius 2 is 1.96 bits per heavy atom. The van der Waals surface area contributed by atoms with Crippen LogP contribution < -0.4 is 10.5 Å². The zero-order chi connectivity index (χ0) is 20.0. The molecule has 6 nitrogen and oxygen atoms in total. The van der Waals surface area contributed by atoms with Gasteiger partial charge in [0, 0.05) is 18.6 Å². The molecule has 0 aliphatic rings. The third kappa shape index (κ3) is 4.91. The van der Waals surface area contributed by atoms with Gasteiger partial charge in [-0.1, -0.05) is 32.4 Å². The normalized spacial score (nSPS) is 11.8. The number of benzene rings is 1. The second kappa shape index (κ2) is 9.39. The molecule has 0 amide bonds. The Morgan fingerprint density at radius 1 is 1.26 bits per heavy atom. The number of ether oxygens (including phenoxy) is 3. The van der Waals surface area contributed by atoms with Crippen molar-refractivity contribution in [1.29, 1.82) is 0 Å². The summed E-state index contributed by atoms with van der Waals surface area (Å²) in [6.45, 7) is 6.72. The van der Waals surface area contributed by atoms with Gasteiger partial charge in [0.2, 0.25) is 0 Å². The molecule has 2 rings (SSSR count). The number of hydrogen-bond donors (Lipinski definition) is 0. The van der Waals surface area contributed by atoms with Gasteiger partial charge in [-0.15, -0.1) is 0 Å². The first kappa shape index (κ1) is 21.5. The first-order chi connectivity index (χ1) is 12.9. The van der Waals surface area contributed by atoms with Crippen LogP contribution in [-0.4, -0.2) is 31.7 Å². The fourth-order valence-corrected chi connectivity index (χ4v) is 2.71. The number of oxazole rings is 1. The van der Waals surface area contributed by atoms with Crippen LogP contribution in [0.4, 0.5) is 4.39 Å². The maximum Gasteiger partial charge on any atom is 0.423 e. The van der Waals surface area contributed by atoms with Crippen LogP contribution in [0.25, 0.3) is 5.69 Å². The maximum absolute atomic E-state index is 14.5. The van der Waals surface area contributed by atoms with Gasteiger partial charge in [-0.2, -0.15) is 0 Å². The first-order valence-electron chi connectivity index (χ1n) is 8.78. The molecule has 2 aromatic rings. The molecular weight excluding hydrogens is 377 g/mol. The Labute approximate surface area is 162 Å². The van der Waals surface area contributed by atoms with Crippen LogP contribution in [0.2, 0.25) is 5.02 Å². The second-order valence-electron chi connectivity index (χ2n) is 6.40. The highest BCUT2D eigenvalue weighted by molar-refractivity contribution is 6.32. The summed E-state index contributed by atoms with van der Waals surface area (Å²) < 4.78 is 36.5. The van der Waals surface area contributed by atoms with E-state index in [4.69, 9.17) is 30.2 Å². The van der Waals surface area contributed by atoms with E-state index in [1.54, 1.807) is 7.11 Å². The van der Waals surface area contributed by atoms with Gasteiger partial charge in [0.05, 0.1) is 30.1 Å². The molecule has 1 aromatic heterocycles. The van der Waals surface area contributed by atoms with E-state index in [9.17, 15) is 9.18 Å². The summed E-state index contributed by atoms with van der Waals surface area (Å²) in [5, 5.41) is 0.0790. The predicted octanol–water partition coefficient (Wildman–Crippen LogP) is 4.30. The van der Waals surface area contributed by atoms with Gasteiger partial charge in [0.25, 0.3) is 0 Å². The van der Waals surface area contributed by atoms with Gasteiger partial charge in [0.15, 0.2) is 6.79 Å². The van der Waals surface area contributed by atoms with E-state index < -0.39 is 11.6 Å². The molecule has 0 bridgehead atoms. The van der Waals surface area contributed by atoms with Crippen molar-refractivity contribution in [1.82, 2.24) is 4.57 Å². The van der Waals surface area contributed by atoms with Crippen LogP contribution in [-0.2, 0) is 14.9 Å². The Kier molecular flexibility index (Phi) is 7.47. The van der Waals surface area contributed by atoms with E-state index in [0.29, 0.717) is 19.0 Å². The summed E-state index contributed by atoms with van der Waals surface area (Å²) in [4.78, 5) is 12.3. The van der Waals surface area contributed by atoms with Crippen LogP contribution in [0.1, 0.15) is 39.4 Å². The van der Waals surface area contributed by atoms with Gasteiger partial charge in [-0.25, -0.2) is 13.8 Å². The number of aromatic nitrogens is 1. The Bertz CT molecular complexity index is 813. The first-order valence-corrected chi connectivity index (χ1v) is 9.16. The van der Waals surface area contributed by atoms with E-state index in [1.807, 2.05) is 20.8 Å². The summed E-state index contributed by atoms with van der Waals surface area (Å²) >= 11 is 6.04. The molecule has 0 saturated carbocycles. The molecule has 0 N–H and O–H groups in total. The number of halogens is 2. The topological polar surface area (TPSA) is 62.8 Å². The van der Waals surface area contributed by atoms with Crippen molar-refractivity contribution in [2.45, 2.75) is 39.0 Å². The van der Waals surface area contributed by atoms with Crippen molar-refractivity contribution >= 4 is 11.6 Å². The molecule has 27 heavy (non-hydrogen) atoms. The van der Waals surface area contributed by atoms with Crippen molar-refractivity contribution < 1.29 is 23.0 Å². The molecule has 0 unspecified atom stereocenters. The zero-order valence-corrected chi connectivity index (χ0v) is 16.8. The summed E-state index contributed by atoms with van der Waals surface area (Å²) in [7, 11) is 1.56. The highest BCUT2D eigenvalue weighted by atomic mass is 35.5. The molecular formula is C19H25ClFNO5. The molecule has 1 heterocycles. The van der Waals surface area contributed by atoms with Crippen molar-refractivity contribution in [2.75, 3.05) is 27.1 Å². The molecule has 0 aliphatic heterocycles. The molecule has 0 aliphatic carbocycles. The lowest BCUT2D eigenvalue weighted by molar-refractivity contribution is -0.00845. The molecule has 1 aromatic carbocycles. The molecule has 0 atom stereocenters. The van der Waals surface area contributed by atoms with Crippen LogP contribution in [0.3, 0.4) is 0 Å². The second-order valence-corrected chi connectivity index (χ2v) is 6.80. The lowest BCUT2D eigenvalue weighted by Crippen LogP contribution is -2.18. The van der Waals surface area contributed by atoms with Crippen molar-refractivity contribution in [2.24, 2.45) is 0 Å². The molecule has 0 saturated heterocycles. The van der Waals surface area contributed by atoms with Gasteiger partial charge < -0.3 is 18.6 Å². The molecule has 0 spiro atoms. The monoisotopic (exact) mass is 401 g/mol. The highest BCUT2D eigenvalue weighted by Crippen LogP contribution is 2.33. The number of rotatable bonds is 10. The lowest BCUT2D eigenvalue weighted by atomic mass is 9.83. The highest BCUT2D eigenvalue weighted by Gasteiger charge is 2.28. The van der Waals surface area contributed by atoms with Gasteiger partial charge >= 0.3 is 5.76 Å². The minimum absolute atomic E-state index is 0.000785. The average Bonchev–Trinajstić information content (AvgIpc) is 3.04. The maximum atomic E-state index is 14.5. The zero-order valence-electron chi connectivity index (χ0n) is 16.0. The fraction of sp³-hybridized carbons (Fsp3) is 0.526. The molecule has 150 valence electrons. The summed E-state index contributed by atoms with van der Waals surface area (Å²) in [6.07, 6.45) is 3.10. The smallest absolute Gasteiger partial charge is 0.423 e. The van der Waals surface area contributed by atoms with Crippen LogP contribution >= 0.6 is 11.6 Å². The lowest BCUT2D eigenvalue weighted by Gasteiger charge is -2.22. The van der Waals surface area contributed by atoms with Crippen molar-refractivity contribution in [3.05, 3.63) is 45.5 Å². The Hall–Kier alpha value is -1.83. The van der Waals surface area contributed by atoms with E-state index in [1.165, 1.54) is 12.3 Å². The SMILES string of the molecule is CCC(C)(CC)c1cn(-c2cc(OCOCCOC)c(Cl)cc2F)c(=O)o1. The van der Waals surface area contributed by atoms with Gasteiger partial charge in [-0.3, -0.25) is 0 Å². The largest absolute Gasteiger partial charge is 0.466 e. The van der Waals surface area contributed by atoms with Crippen LogP contribution in [0, 0.1) is 5.82 Å². The minimum atomic E-state index is -0.665. The minimum Gasteiger partial charge on any atom is -0.466 e. The quantitative estimate of drug-likeness (QED) is 0.438. The van der Waals surface area contributed by atoms with Crippen molar-refractivity contribution in [3.8, 4) is 11.4 Å². The average molecular weight is 402 g/mol. The van der Waals surface area contributed by atoms with Gasteiger partial charge in [-0.05, 0) is 18.9 Å². The number of nitrogens with zero attached hydrogens (tertiary/aromatic N) is 1.